The van der Waals surface area contributed by atoms with E-state index in [0.29, 0.717) is 6.42 Å². The van der Waals surface area contributed by atoms with Crippen LogP contribution in [0.5, 0.6) is 0 Å². The molecule has 9 nitrogen and oxygen atoms in total. The van der Waals surface area contributed by atoms with Gasteiger partial charge in [0.25, 0.3) is 0 Å². The van der Waals surface area contributed by atoms with Crippen LogP contribution in [0.2, 0.25) is 0 Å². The largest absolute Gasteiger partial charge is 0.472 e. The van der Waals surface area contributed by atoms with Crippen molar-refractivity contribution in [2.45, 2.75) is 302 Å². The molecule has 0 aliphatic heterocycles. The standard InChI is InChI=1S/C69H122NO8P/c1-3-5-7-9-11-13-15-17-19-21-23-24-25-26-27-28-29-30-31-32-33-34-35-36-37-38-39-40-41-42-44-46-48-50-52-54-56-58-60-62-69(72)78-67(66-77-79(73,74)76-64-63-70)65-75-68(71)61-59-57-55-53-51-49-47-45-43-22-20-18-16-14-12-10-8-6-4-2/h5,7,11,13,17,19,23-24,26-27,29-30,32-33,35-36,67H,3-4,6,8-10,12,14-16,18,20-22,25,28,31,34,37-66,70H2,1-2H3,(H,73,74)/b7-5-,13-11-,19-17-,24-23-,27-26-,30-29-,33-32-,36-35-. The van der Waals surface area contributed by atoms with E-state index < -0.39 is 26.5 Å². The van der Waals surface area contributed by atoms with Crippen molar-refractivity contribution >= 4 is 19.8 Å². The van der Waals surface area contributed by atoms with E-state index in [1.165, 1.54) is 173 Å². The van der Waals surface area contributed by atoms with Gasteiger partial charge in [0.15, 0.2) is 6.10 Å². The number of esters is 2. The van der Waals surface area contributed by atoms with Crippen LogP contribution in [0.15, 0.2) is 97.2 Å². The van der Waals surface area contributed by atoms with Crippen molar-refractivity contribution in [2.75, 3.05) is 26.4 Å². The van der Waals surface area contributed by atoms with Gasteiger partial charge in [-0.05, 0) is 77.0 Å². The minimum Gasteiger partial charge on any atom is -0.462 e. The number of hydrogen-bond acceptors (Lipinski definition) is 8. The molecule has 0 bridgehead atoms. The van der Waals surface area contributed by atoms with Crippen molar-refractivity contribution in [1.82, 2.24) is 0 Å². The number of carbonyl (C=O) groups is 2. The predicted molar refractivity (Wildman–Crippen MR) is 339 cm³/mol. The topological polar surface area (TPSA) is 134 Å². The van der Waals surface area contributed by atoms with Crippen molar-refractivity contribution in [3.8, 4) is 0 Å². The number of allylic oxidation sites excluding steroid dienone is 16. The summed E-state index contributed by atoms with van der Waals surface area (Å²) in [4.78, 5) is 35.3. The summed E-state index contributed by atoms with van der Waals surface area (Å²) in [6.07, 6.45) is 86.3. The molecule has 0 aromatic carbocycles. The van der Waals surface area contributed by atoms with Crippen LogP contribution in [-0.2, 0) is 32.7 Å². The summed E-state index contributed by atoms with van der Waals surface area (Å²) in [7, 11) is -4.39. The van der Waals surface area contributed by atoms with E-state index in [4.69, 9.17) is 24.3 Å². The second-order valence-electron chi connectivity index (χ2n) is 21.6. The number of carbonyl (C=O) groups excluding carboxylic acids is 2. The Morgan fingerprint density at radius 2 is 0.696 bits per heavy atom. The maximum Gasteiger partial charge on any atom is 0.472 e. The van der Waals surface area contributed by atoms with Gasteiger partial charge >= 0.3 is 19.8 Å². The van der Waals surface area contributed by atoms with Gasteiger partial charge < -0.3 is 20.1 Å². The Bertz CT molecular complexity index is 1610. The number of rotatable bonds is 61. The molecule has 3 N–H and O–H groups in total. The summed E-state index contributed by atoms with van der Waals surface area (Å²) in [6, 6.07) is 0. The Kier molecular flexibility index (Phi) is 61.6. The molecule has 456 valence electrons. The van der Waals surface area contributed by atoms with Crippen molar-refractivity contribution < 1.29 is 37.6 Å². The van der Waals surface area contributed by atoms with E-state index in [0.717, 1.165) is 89.9 Å². The van der Waals surface area contributed by atoms with Gasteiger partial charge in [-0.3, -0.25) is 18.6 Å². The zero-order chi connectivity index (χ0) is 57.3. The van der Waals surface area contributed by atoms with Gasteiger partial charge in [-0.1, -0.05) is 304 Å². The van der Waals surface area contributed by atoms with E-state index in [1.807, 2.05) is 0 Å². The third kappa shape index (κ3) is 64.0. The van der Waals surface area contributed by atoms with Gasteiger partial charge in [0, 0.05) is 19.4 Å². The smallest absolute Gasteiger partial charge is 0.462 e. The highest BCUT2D eigenvalue weighted by molar-refractivity contribution is 7.47. The molecule has 0 spiro atoms. The van der Waals surface area contributed by atoms with Crippen LogP contribution >= 0.6 is 7.82 Å². The quantitative estimate of drug-likeness (QED) is 0.0264. The van der Waals surface area contributed by atoms with E-state index in [-0.39, 0.29) is 38.6 Å². The Morgan fingerprint density at radius 3 is 1.04 bits per heavy atom. The Hall–Kier alpha value is -3.07. The van der Waals surface area contributed by atoms with Crippen LogP contribution < -0.4 is 5.73 Å². The van der Waals surface area contributed by atoms with Crippen molar-refractivity contribution in [3.63, 3.8) is 0 Å². The summed E-state index contributed by atoms with van der Waals surface area (Å²) in [6.45, 7) is 3.66. The zero-order valence-electron chi connectivity index (χ0n) is 51.1. The summed E-state index contributed by atoms with van der Waals surface area (Å²) in [5.74, 6) is -0.818. The van der Waals surface area contributed by atoms with Gasteiger partial charge in [-0.15, -0.1) is 0 Å². The third-order valence-corrected chi connectivity index (χ3v) is 15.0. The second-order valence-corrected chi connectivity index (χ2v) is 23.1. The summed E-state index contributed by atoms with van der Waals surface area (Å²) >= 11 is 0. The number of ether oxygens (including phenoxy) is 2. The van der Waals surface area contributed by atoms with Crippen molar-refractivity contribution in [1.29, 1.82) is 0 Å². The van der Waals surface area contributed by atoms with Crippen LogP contribution in [0, 0.1) is 0 Å². The SMILES string of the molecule is CC/C=C\C/C=C\C/C=C\C/C=C\C/C=C\C/C=C\C/C=C\C/C=C\CCCCCCCCCCCCCCCCC(=O)OC(COC(=O)CCCCCCCCCCCCCCCCCCCCC)COP(=O)(O)OCCN. The lowest BCUT2D eigenvalue weighted by molar-refractivity contribution is -0.161. The van der Waals surface area contributed by atoms with Crippen LogP contribution in [0.3, 0.4) is 0 Å². The van der Waals surface area contributed by atoms with Crippen molar-refractivity contribution in [3.05, 3.63) is 97.2 Å². The molecule has 0 aromatic heterocycles. The average Bonchev–Trinajstić information content (AvgIpc) is 3.44. The number of hydrogen-bond donors (Lipinski definition) is 2. The Balaban J connectivity index is 3.89. The summed E-state index contributed by atoms with van der Waals surface area (Å²) in [5, 5.41) is 0. The Labute approximate surface area is 486 Å². The fourth-order valence-corrected chi connectivity index (χ4v) is 9.95. The van der Waals surface area contributed by atoms with Crippen LogP contribution in [0.25, 0.3) is 0 Å². The molecule has 0 saturated carbocycles. The monoisotopic (exact) mass is 1120 g/mol. The molecule has 0 rings (SSSR count). The van der Waals surface area contributed by atoms with Gasteiger partial charge in [0.2, 0.25) is 0 Å². The molecule has 0 aliphatic carbocycles. The lowest BCUT2D eigenvalue weighted by Crippen LogP contribution is -2.29. The first-order chi connectivity index (χ1) is 38.8. The number of phosphoric acid groups is 1. The first kappa shape index (κ1) is 75.9. The molecular weight excluding hydrogens is 1000 g/mol. The second kappa shape index (κ2) is 64.1. The average molecular weight is 1120 g/mol. The number of nitrogens with two attached hydrogens (primary N) is 1. The number of unbranched alkanes of at least 4 members (excludes halogenated alkanes) is 32. The predicted octanol–water partition coefficient (Wildman–Crippen LogP) is 21.2. The Morgan fingerprint density at radius 1 is 0.392 bits per heavy atom. The van der Waals surface area contributed by atoms with Gasteiger partial charge in [-0.2, -0.15) is 0 Å². The summed E-state index contributed by atoms with van der Waals surface area (Å²) in [5.41, 5.74) is 5.39. The van der Waals surface area contributed by atoms with Gasteiger partial charge in [-0.25, -0.2) is 4.57 Å². The molecule has 10 heteroatoms. The zero-order valence-corrected chi connectivity index (χ0v) is 52.0. The highest BCUT2D eigenvalue weighted by Gasteiger charge is 2.26. The normalized spacial score (nSPS) is 13.6. The van der Waals surface area contributed by atoms with E-state index in [2.05, 4.69) is 111 Å². The fraction of sp³-hybridized carbons (Fsp3) is 0.739. The van der Waals surface area contributed by atoms with E-state index in [1.54, 1.807) is 0 Å². The molecule has 2 atom stereocenters. The molecule has 2 unspecified atom stereocenters. The number of phosphoric ester groups is 1. The van der Waals surface area contributed by atoms with Crippen LogP contribution in [-0.4, -0.2) is 49.3 Å². The molecule has 0 fully saturated rings. The lowest BCUT2D eigenvalue weighted by Gasteiger charge is -2.19. The lowest BCUT2D eigenvalue weighted by atomic mass is 10.0. The van der Waals surface area contributed by atoms with E-state index >= 15 is 0 Å². The van der Waals surface area contributed by atoms with Gasteiger partial charge in [0.1, 0.15) is 6.61 Å². The molecule has 0 aromatic rings. The first-order valence-corrected chi connectivity index (χ1v) is 34.2. The van der Waals surface area contributed by atoms with Crippen LogP contribution in [0.4, 0.5) is 0 Å². The molecule has 0 heterocycles. The maximum absolute atomic E-state index is 12.7. The molecule has 79 heavy (non-hydrogen) atoms. The van der Waals surface area contributed by atoms with Crippen molar-refractivity contribution in [2.24, 2.45) is 5.73 Å². The van der Waals surface area contributed by atoms with Gasteiger partial charge in [0.05, 0.1) is 13.2 Å². The first-order valence-electron chi connectivity index (χ1n) is 32.7. The molecular formula is C69H122NO8P. The molecule has 0 aliphatic rings. The maximum atomic E-state index is 12.7. The van der Waals surface area contributed by atoms with Crippen LogP contribution in [0.1, 0.15) is 296 Å². The molecule has 0 saturated heterocycles. The third-order valence-electron chi connectivity index (χ3n) is 14.0. The molecule has 0 radical (unpaired) electrons. The molecule has 0 amide bonds. The minimum absolute atomic E-state index is 0.0522. The summed E-state index contributed by atoms with van der Waals surface area (Å²) < 4.78 is 33.1. The highest BCUT2D eigenvalue weighted by atomic mass is 31.2. The minimum atomic E-state index is -4.39. The highest BCUT2D eigenvalue weighted by Crippen LogP contribution is 2.43. The van der Waals surface area contributed by atoms with E-state index in [9.17, 15) is 19.0 Å². The fourth-order valence-electron chi connectivity index (χ4n) is 9.18.